The number of nitrogens with one attached hydrogen (secondary N) is 1. The zero-order valence-corrected chi connectivity index (χ0v) is 12.0. The van der Waals surface area contributed by atoms with Gasteiger partial charge >= 0.3 is 0 Å². The van der Waals surface area contributed by atoms with Gasteiger partial charge in [0.15, 0.2) is 6.17 Å². The van der Waals surface area contributed by atoms with E-state index >= 15 is 0 Å². The Hall–Kier alpha value is -0.580. The van der Waals surface area contributed by atoms with Crippen LogP contribution in [0.3, 0.4) is 0 Å². The van der Waals surface area contributed by atoms with Crippen LogP contribution in [0.5, 0.6) is 0 Å². The van der Waals surface area contributed by atoms with Crippen molar-refractivity contribution in [2.45, 2.75) is 32.9 Å². The molecule has 0 saturated heterocycles. The van der Waals surface area contributed by atoms with Crippen LogP contribution in [0, 0.1) is 0 Å². The lowest BCUT2D eigenvalue weighted by Gasteiger charge is -2.37. The molecule has 1 amide bonds. The predicted molar refractivity (Wildman–Crippen MR) is 65.7 cm³/mol. The molecule has 0 aromatic rings. The van der Waals surface area contributed by atoms with Gasteiger partial charge in [0, 0.05) is 25.0 Å². The molecule has 0 heterocycles. The molecule has 0 aromatic heterocycles. The molecule has 0 bridgehead atoms. The molecule has 0 rings (SSSR count). The van der Waals surface area contributed by atoms with E-state index in [0.29, 0.717) is 10.1 Å². The molecule has 0 spiro atoms. The Balaban J connectivity index is 0. The number of rotatable bonds is 7. The Morgan fingerprint density at radius 3 is 2.35 bits per heavy atom. The summed E-state index contributed by atoms with van der Waals surface area (Å²) in [5, 5.41) is 11.8. The molecule has 0 radical (unpaired) electrons. The molecule has 1 unspecified atom stereocenters. The fourth-order valence-corrected chi connectivity index (χ4v) is 1.68. The monoisotopic (exact) mass is 264 g/mol. The normalized spacial score (nSPS) is 12.5. The third-order valence-corrected chi connectivity index (χ3v) is 2.81. The van der Waals surface area contributed by atoms with Crippen LogP contribution in [-0.2, 0) is 4.79 Å². The first-order valence-corrected chi connectivity index (χ1v) is 5.75. The number of carbonyl (C=O) groups is 1. The second kappa shape index (κ2) is 8.50. The Kier molecular flexibility index (Phi) is 9.39. The van der Waals surface area contributed by atoms with E-state index in [0.717, 1.165) is 19.4 Å². The molecule has 2 N–H and O–H groups in total. The van der Waals surface area contributed by atoms with Crippen molar-refractivity contribution in [3.8, 4) is 0 Å². The van der Waals surface area contributed by atoms with E-state index < -0.39 is 0 Å². The van der Waals surface area contributed by atoms with Crippen LogP contribution in [0.2, 0.25) is 0 Å². The van der Waals surface area contributed by atoms with Gasteiger partial charge in [-0.1, -0.05) is 13.5 Å². The third-order valence-electron chi connectivity index (χ3n) is 2.81. The summed E-state index contributed by atoms with van der Waals surface area (Å²) in [6.45, 7) is 8.40. The highest BCUT2D eigenvalue weighted by Crippen LogP contribution is 2.09. The Morgan fingerprint density at radius 1 is 1.47 bits per heavy atom. The number of hydrogen-bond donors (Lipinski definition) is 2. The lowest BCUT2D eigenvalue weighted by atomic mass is 10.2. The molecule has 4 nitrogen and oxygen atoms in total. The molecule has 1 atom stereocenters. The van der Waals surface area contributed by atoms with Crippen molar-refractivity contribution in [2.75, 3.05) is 27.2 Å². The summed E-state index contributed by atoms with van der Waals surface area (Å²) < 4.78 is 0.677. The van der Waals surface area contributed by atoms with Crippen molar-refractivity contribution in [2.24, 2.45) is 0 Å². The van der Waals surface area contributed by atoms with Crippen LogP contribution < -0.4 is 17.7 Å². The summed E-state index contributed by atoms with van der Waals surface area (Å²) in [6, 6.07) is 0. The maximum Gasteiger partial charge on any atom is 0.250 e. The SMILES string of the molecule is C=C(C)C(=O)NC(CC)[N+](C)(C)CCCO.[Cl-]. The molecule has 17 heavy (non-hydrogen) atoms. The second-order valence-corrected chi connectivity index (χ2v) is 4.76. The van der Waals surface area contributed by atoms with E-state index in [9.17, 15) is 4.79 Å². The molecular weight excluding hydrogens is 240 g/mol. The highest BCUT2D eigenvalue weighted by molar-refractivity contribution is 5.92. The minimum Gasteiger partial charge on any atom is -1.00 e. The molecule has 0 saturated carbocycles. The lowest BCUT2D eigenvalue weighted by Crippen LogP contribution is -3.00. The van der Waals surface area contributed by atoms with Crippen molar-refractivity contribution in [3.05, 3.63) is 12.2 Å². The van der Waals surface area contributed by atoms with Gasteiger partial charge in [-0.3, -0.25) is 4.79 Å². The van der Waals surface area contributed by atoms with Gasteiger partial charge in [0.25, 0.3) is 5.91 Å². The highest BCUT2D eigenvalue weighted by Gasteiger charge is 2.27. The number of nitrogens with zero attached hydrogens (tertiary/aromatic N) is 1. The molecule has 0 aliphatic rings. The van der Waals surface area contributed by atoms with Gasteiger partial charge in [-0.2, -0.15) is 0 Å². The van der Waals surface area contributed by atoms with Gasteiger partial charge in [-0.25, -0.2) is 0 Å². The summed E-state index contributed by atoms with van der Waals surface area (Å²) in [4.78, 5) is 11.6. The van der Waals surface area contributed by atoms with Gasteiger partial charge in [0.2, 0.25) is 0 Å². The predicted octanol–water partition coefficient (Wildman–Crippen LogP) is -2.12. The third kappa shape index (κ3) is 6.66. The number of carbonyl (C=O) groups excluding carboxylic acids is 1. The number of aliphatic hydroxyl groups excluding tert-OH is 1. The van der Waals surface area contributed by atoms with Crippen molar-refractivity contribution >= 4 is 5.91 Å². The van der Waals surface area contributed by atoms with Crippen LogP contribution in [0.4, 0.5) is 0 Å². The van der Waals surface area contributed by atoms with Gasteiger partial charge < -0.3 is 27.3 Å². The Bertz CT molecular complexity index is 255. The molecule has 5 heteroatoms. The molecule has 0 fully saturated rings. The average molecular weight is 265 g/mol. The topological polar surface area (TPSA) is 49.3 Å². The summed E-state index contributed by atoms with van der Waals surface area (Å²) in [5.41, 5.74) is 0.528. The standard InChI is InChI=1S/C12H24N2O2.ClH/c1-6-11(13-12(16)10(2)3)14(4,5)8-7-9-15;/h11,15H,2,6-9H2,1,3-5H3;1H. The highest BCUT2D eigenvalue weighted by atomic mass is 35.5. The fourth-order valence-electron chi connectivity index (χ4n) is 1.68. The average Bonchev–Trinajstić information content (AvgIpc) is 2.22. The van der Waals surface area contributed by atoms with Crippen LogP contribution in [0.15, 0.2) is 12.2 Å². The van der Waals surface area contributed by atoms with Gasteiger partial charge in [-0.05, 0) is 6.92 Å². The van der Waals surface area contributed by atoms with Crippen LogP contribution in [0.25, 0.3) is 0 Å². The number of amides is 1. The number of quaternary nitrogens is 1. The molecule has 0 aliphatic heterocycles. The van der Waals surface area contributed by atoms with Crippen LogP contribution in [-0.4, -0.2) is 48.9 Å². The number of halogens is 1. The van der Waals surface area contributed by atoms with Crippen molar-refractivity contribution in [3.63, 3.8) is 0 Å². The largest absolute Gasteiger partial charge is 1.00 e. The molecule has 0 aliphatic carbocycles. The van der Waals surface area contributed by atoms with Crippen molar-refractivity contribution in [1.82, 2.24) is 5.32 Å². The zero-order valence-electron chi connectivity index (χ0n) is 11.3. The first kappa shape index (κ1) is 18.8. The Morgan fingerprint density at radius 2 is 2.00 bits per heavy atom. The van der Waals surface area contributed by atoms with E-state index in [2.05, 4.69) is 26.0 Å². The van der Waals surface area contributed by atoms with E-state index in [1.165, 1.54) is 0 Å². The Labute approximate surface area is 111 Å². The molecule has 0 aromatic carbocycles. The summed E-state index contributed by atoms with van der Waals surface area (Å²) in [7, 11) is 4.12. The van der Waals surface area contributed by atoms with Crippen LogP contribution >= 0.6 is 0 Å². The van der Waals surface area contributed by atoms with Gasteiger partial charge in [0.05, 0.1) is 20.6 Å². The summed E-state index contributed by atoms with van der Waals surface area (Å²) >= 11 is 0. The number of hydrogen-bond acceptors (Lipinski definition) is 2. The maximum atomic E-state index is 11.6. The van der Waals surface area contributed by atoms with Gasteiger partial charge in [-0.15, -0.1) is 0 Å². The van der Waals surface area contributed by atoms with E-state index in [1.54, 1.807) is 6.92 Å². The van der Waals surface area contributed by atoms with Crippen molar-refractivity contribution in [1.29, 1.82) is 0 Å². The van der Waals surface area contributed by atoms with Gasteiger partial charge in [0.1, 0.15) is 0 Å². The van der Waals surface area contributed by atoms with E-state index in [1.807, 2.05) is 6.92 Å². The lowest BCUT2D eigenvalue weighted by molar-refractivity contribution is -0.917. The van der Waals surface area contributed by atoms with E-state index in [-0.39, 0.29) is 31.1 Å². The smallest absolute Gasteiger partial charge is 0.250 e. The minimum absolute atomic E-state index is 0. The zero-order chi connectivity index (χ0) is 12.8. The molecule has 102 valence electrons. The maximum absolute atomic E-state index is 11.6. The van der Waals surface area contributed by atoms with Crippen molar-refractivity contribution < 1.29 is 26.8 Å². The quantitative estimate of drug-likeness (QED) is 0.314. The van der Waals surface area contributed by atoms with Crippen LogP contribution in [0.1, 0.15) is 26.7 Å². The summed E-state index contributed by atoms with van der Waals surface area (Å²) in [5.74, 6) is -0.0953. The second-order valence-electron chi connectivity index (χ2n) is 4.76. The number of aliphatic hydroxyl groups is 1. The first-order chi connectivity index (χ1) is 7.35. The first-order valence-electron chi connectivity index (χ1n) is 5.75. The van der Waals surface area contributed by atoms with E-state index in [4.69, 9.17) is 5.11 Å². The molecular formula is C12H25ClN2O2. The summed E-state index contributed by atoms with van der Waals surface area (Å²) in [6.07, 6.45) is 1.67. The minimum atomic E-state index is -0.0953. The fraction of sp³-hybridized carbons (Fsp3) is 0.750.